The molecule has 1 fully saturated rings. The van der Waals surface area contributed by atoms with Crippen LogP contribution >= 0.6 is 12.2 Å². The monoisotopic (exact) mass is 288 g/mol. The van der Waals surface area contributed by atoms with E-state index in [1.165, 1.54) is 5.56 Å². The molecule has 2 aromatic rings. The number of nitrogens with zero attached hydrogens (tertiary/aromatic N) is 3. The molecule has 0 saturated carbocycles. The molecule has 3 rings (SSSR count). The van der Waals surface area contributed by atoms with Crippen LogP contribution in [0.2, 0.25) is 0 Å². The third kappa shape index (κ3) is 2.71. The number of rotatable bonds is 3. The van der Waals surface area contributed by atoms with E-state index >= 15 is 0 Å². The second-order valence-electron chi connectivity index (χ2n) is 4.86. The van der Waals surface area contributed by atoms with Gasteiger partial charge in [0.1, 0.15) is 6.10 Å². The zero-order valence-corrected chi connectivity index (χ0v) is 12.1. The Hall–Kier alpha value is -1.79. The number of H-pyrrole nitrogens is 1. The van der Waals surface area contributed by atoms with Crippen molar-refractivity contribution in [1.82, 2.24) is 14.9 Å². The lowest BCUT2D eigenvalue weighted by Gasteiger charge is -2.07. The standard InChI is InChI=1S/C14H16N4OS/c1-10-4-2-5-11(8-10)9-15-18-13(16-17-14(18)20)12-6-3-7-19-12/h2,4-5,8-9,12H,3,6-7H2,1H3,(H,17,20)/b15-9-/t12-/m1/s1. The molecule has 1 aromatic carbocycles. The lowest BCUT2D eigenvalue weighted by molar-refractivity contribution is 0.102. The number of benzene rings is 1. The third-order valence-electron chi connectivity index (χ3n) is 3.26. The Bertz CT molecular complexity index is 682. The molecule has 1 atom stereocenters. The van der Waals surface area contributed by atoms with Crippen LogP contribution in [0.25, 0.3) is 0 Å². The molecule has 1 aliphatic rings. The first-order valence-corrected chi connectivity index (χ1v) is 7.05. The minimum Gasteiger partial charge on any atom is -0.370 e. The van der Waals surface area contributed by atoms with Gasteiger partial charge in [-0.05, 0) is 37.5 Å². The summed E-state index contributed by atoms with van der Waals surface area (Å²) in [7, 11) is 0. The summed E-state index contributed by atoms with van der Waals surface area (Å²) in [6.07, 6.45) is 3.78. The van der Waals surface area contributed by atoms with E-state index < -0.39 is 0 Å². The topological polar surface area (TPSA) is 55.2 Å². The Morgan fingerprint density at radius 3 is 3.20 bits per heavy atom. The molecule has 0 unspecified atom stereocenters. The zero-order chi connectivity index (χ0) is 13.9. The van der Waals surface area contributed by atoms with E-state index in [4.69, 9.17) is 17.0 Å². The summed E-state index contributed by atoms with van der Waals surface area (Å²) in [5.74, 6) is 0.747. The van der Waals surface area contributed by atoms with Crippen molar-refractivity contribution in [3.63, 3.8) is 0 Å². The average molecular weight is 288 g/mol. The summed E-state index contributed by atoms with van der Waals surface area (Å²) in [5.41, 5.74) is 2.23. The highest BCUT2D eigenvalue weighted by Crippen LogP contribution is 2.26. The molecule has 1 N–H and O–H groups in total. The van der Waals surface area contributed by atoms with E-state index in [1.807, 2.05) is 12.1 Å². The fourth-order valence-electron chi connectivity index (χ4n) is 2.28. The van der Waals surface area contributed by atoms with Crippen molar-refractivity contribution in [3.05, 3.63) is 46.0 Å². The van der Waals surface area contributed by atoms with Gasteiger partial charge in [-0.15, -0.1) is 0 Å². The summed E-state index contributed by atoms with van der Waals surface area (Å²) >= 11 is 5.23. The van der Waals surface area contributed by atoms with Crippen LogP contribution in [0.5, 0.6) is 0 Å². The van der Waals surface area contributed by atoms with Crippen LogP contribution in [-0.2, 0) is 4.74 Å². The van der Waals surface area contributed by atoms with Gasteiger partial charge in [0.05, 0.1) is 6.21 Å². The Balaban J connectivity index is 1.90. The predicted molar refractivity (Wildman–Crippen MR) is 79.5 cm³/mol. The first-order valence-electron chi connectivity index (χ1n) is 6.64. The number of aromatic amines is 1. The van der Waals surface area contributed by atoms with Crippen LogP contribution < -0.4 is 0 Å². The minimum absolute atomic E-state index is 0.0161. The summed E-state index contributed by atoms with van der Waals surface area (Å²) in [5, 5.41) is 11.5. The van der Waals surface area contributed by atoms with Crippen molar-refractivity contribution in [2.45, 2.75) is 25.9 Å². The zero-order valence-electron chi connectivity index (χ0n) is 11.2. The number of aryl methyl sites for hydroxylation is 1. The highest BCUT2D eigenvalue weighted by Gasteiger charge is 2.23. The summed E-state index contributed by atoms with van der Waals surface area (Å²) in [4.78, 5) is 0. The molecule has 104 valence electrons. The maximum absolute atomic E-state index is 5.64. The predicted octanol–water partition coefficient (Wildman–Crippen LogP) is 2.98. The summed E-state index contributed by atoms with van der Waals surface area (Å²) in [6, 6.07) is 8.13. The number of hydrogen-bond donors (Lipinski definition) is 1. The Labute approximate surface area is 122 Å². The van der Waals surface area contributed by atoms with E-state index in [-0.39, 0.29) is 6.10 Å². The van der Waals surface area contributed by atoms with Crippen LogP contribution in [-0.4, -0.2) is 27.7 Å². The molecule has 1 aromatic heterocycles. The Kier molecular flexibility index (Phi) is 3.75. The fraction of sp³-hybridized carbons (Fsp3) is 0.357. The van der Waals surface area contributed by atoms with Crippen molar-refractivity contribution >= 4 is 18.4 Å². The molecule has 0 aliphatic carbocycles. The lowest BCUT2D eigenvalue weighted by Crippen LogP contribution is -2.05. The van der Waals surface area contributed by atoms with E-state index in [9.17, 15) is 0 Å². The van der Waals surface area contributed by atoms with Crippen molar-refractivity contribution in [2.75, 3.05) is 6.61 Å². The number of hydrogen-bond acceptors (Lipinski definition) is 4. The molecule has 2 heterocycles. The second-order valence-corrected chi connectivity index (χ2v) is 5.25. The quantitative estimate of drug-likeness (QED) is 0.698. The van der Waals surface area contributed by atoms with Gasteiger partial charge in [-0.2, -0.15) is 14.9 Å². The maximum Gasteiger partial charge on any atom is 0.216 e. The summed E-state index contributed by atoms with van der Waals surface area (Å²) in [6.45, 7) is 2.82. The molecule has 5 nitrogen and oxygen atoms in total. The van der Waals surface area contributed by atoms with Gasteiger partial charge in [-0.3, -0.25) is 5.10 Å². The highest BCUT2D eigenvalue weighted by molar-refractivity contribution is 7.71. The second kappa shape index (κ2) is 5.68. The van der Waals surface area contributed by atoms with Crippen molar-refractivity contribution < 1.29 is 4.74 Å². The molecule has 0 amide bonds. The van der Waals surface area contributed by atoms with E-state index in [2.05, 4.69) is 34.4 Å². The molecule has 6 heteroatoms. The molecular weight excluding hydrogens is 272 g/mol. The SMILES string of the molecule is Cc1cccc(/C=N\n2c([C@H]3CCCO3)n[nH]c2=S)c1. The maximum atomic E-state index is 5.64. The van der Waals surface area contributed by atoms with Gasteiger partial charge < -0.3 is 4.74 Å². The third-order valence-corrected chi connectivity index (χ3v) is 3.52. The van der Waals surface area contributed by atoms with Crippen LogP contribution in [0.1, 0.15) is 35.9 Å². The minimum atomic E-state index is -0.0161. The molecule has 0 spiro atoms. The molecule has 0 radical (unpaired) electrons. The molecular formula is C14H16N4OS. The van der Waals surface area contributed by atoms with Gasteiger partial charge >= 0.3 is 0 Å². The van der Waals surface area contributed by atoms with Gasteiger partial charge in [0, 0.05) is 6.61 Å². The highest BCUT2D eigenvalue weighted by atomic mass is 32.1. The van der Waals surface area contributed by atoms with E-state index in [1.54, 1.807) is 10.9 Å². The fourth-order valence-corrected chi connectivity index (χ4v) is 2.47. The van der Waals surface area contributed by atoms with Crippen LogP contribution in [0.4, 0.5) is 0 Å². The molecule has 0 bridgehead atoms. The van der Waals surface area contributed by atoms with Gasteiger partial charge in [-0.1, -0.05) is 29.8 Å². The molecule has 1 saturated heterocycles. The van der Waals surface area contributed by atoms with Crippen molar-refractivity contribution in [1.29, 1.82) is 0 Å². The molecule has 20 heavy (non-hydrogen) atoms. The number of ether oxygens (including phenoxy) is 1. The normalized spacial score (nSPS) is 18.9. The first kappa shape index (κ1) is 13.2. The Morgan fingerprint density at radius 2 is 2.45 bits per heavy atom. The Morgan fingerprint density at radius 1 is 1.55 bits per heavy atom. The van der Waals surface area contributed by atoms with Gasteiger partial charge in [0.2, 0.25) is 4.77 Å². The van der Waals surface area contributed by atoms with E-state index in [0.717, 1.165) is 30.8 Å². The van der Waals surface area contributed by atoms with Crippen LogP contribution in [0.3, 0.4) is 0 Å². The van der Waals surface area contributed by atoms with Gasteiger partial charge in [-0.25, -0.2) is 0 Å². The van der Waals surface area contributed by atoms with E-state index in [0.29, 0.717) is 4.77 Å². The summed E-state index contributed by atoms with van der Waals surface area (Å²) < 4.78 is 7.77. The number of aromatic nitrogens is 3. The molecule has 1 aliphatic heterocycles. The average Bonchev–Trinajstić information content (AvgIpc) is 3.06. The van der Waals surface area contributed by atoms with Gasteiger partial charge in [0.25, 0.3) is 0 Å². The lowest BCUT2D eigenvalue weighted by atomic mass is 10.2. The number of nitrogens with one attached hydrogen (secondary N) is 1. The smallest absolute Gasteiger partial charge is 0.216 e. The van der Waals surface area contributed by atoms with Gasteiger partial charge in [0.15, 0.2) is 5.82 Å². The van der Waals surface area contributed by atoms with Crippen molar-refractivity contribution in [2.24, 2.45) is 5.10 Å². The van der Waals surface area contributed by atoms with Crippen LogP contribution in [0, 0.1) is 11.7 Å². The first-order chi connectivity index (χ1) is 9.74. The van der Waals surface area contributed by atoms with Crippen molar-refractivity contribution in [3.8, 4) is 0 Å². The van der Waals surface area contributed by atoms with Crippen LogP contribution in [0.15, 0.2) is 29.4 Å². The largest absolute Gasteiger partial charge is 0.370 e.